The Morgan fingerprint density at radius 2 is 1.65 bits per heavy atom. The molecule has 0 aromatic rings. The summed E-state index contributed by atoms with van der Waals surface area (Å²) in [7, 11) is 0. The molecule has 1 N–H and O–H groups in total. The summed E-state index contributed by atoms with van der Waals surface area (Å²) in [6.45, 7) is 8.62. The summed E-state index contributed by atoms with van der Waals surface area (Å²) in [4.78, 5) is 4.76. The number of halogens is 2. The minimum atomic E-state index is -0.440. The quantitative estimate of drug-likeness (QED) is 0.730. The van der Waals surface area contributed by atoms with Crippen LogP contribution in [0, 0.1) is 12.3 Å². The highest BCUT2D eigenvalue weighted by Gasteiger charge is 2.31. The Bertz CT molecular complexity index is 349. The standard InChI is InChI=1S/C17H30N2O2.2ClH/c1-3-17(8-6-5-7-9-17)21-15-16(20)14-19-12-10-18(4-2)11-13-19;;/h1,16,20H,4-15H2,2H3;2*1H. The zero-order chi connectivity index (χ0) is 15.1. The molecule has 23 heavy (non-hydrogen) atoms. The fourth-order valence-corrected chi connectivity index (χ4v) is 3.35. The van der Waals surface area contributed by atoms with Crippen LogP contribution in [0.25, 0.3) is 0 Å². The van der Waals surface area contributed by atoms with E-state index < -0.39 is 11.7 Å². The van der Waals surface area contributed by atoms with Gasteiger partial charge in [0.1, 0.15) is 5.60 Å². The Morgan fingerprint density at radius 3 is 2.17 bits per heavy atom. The molecule has 6 heteroatoms. The average molecular weight is 367 g/mol. The molecule has 1 saturated carbocycles. The number of piperazine rings is 1. The van der Waals surface area contributed by atoms with Crippen LogP contribution >= 0.6 is 24.8 Å². The molecule has 1 aliphatic carbocycles. The number of aliphatic hydroxyl groups excluding tert-OH is 1. The highest BCUT2D eigenvalue weighted by molar-refractivity contribution is 5.85. The number of rotatable bonds is 6. The summed E-state index contributed by atoms with van der Waals surface area (Å²) in [6.07, 6.45) is 10.6. The lowest BCUT2D eigenvalue weighted by Crippen LogP contribution is -2.49. The summed E-state index contributed by atoms with van der Waals surface area (Å²) in [6, 6.07) is 0. The lowest BCUT2D eigenvalue weighted by molar-refractivity contribution is -0.0714. The Morgan fingerprint density at radius 1 is 1.09 bits per heavy atom. The number of ether oxygens (including phenoxy) is 1. The Labute approximate surface area is 153 Å². The van der Waals surface area contributed by atoms with E-state index in [1.807, 2.05) is 0 Å². The molecule has 0 aromatic carbocycles. The van der Waals surface area contributed by atoms with Gasteiger partial charge in [0.15, 0.2) is 0 Å². The van der Waals surface area contributed by atoms with E-state index in [0.29, 0.717) is 13.2 Å². The highest BCUT2D eigenvalue weighted by Crippen LogP contribution is 2.31. The third-order valence-corrected chi connectivity index (χ3v) is 4.86. The van der Waals surface area contributed by atoms with Crippen LogP contribution in [0.1, 0.15) is 39.0 Å². The molecule has 0 aromatic heterocycles. The third kappa shape index (κ3) is 7.17. The fraction of sp³-hybridized carbons (Fsp3) is 0.882. The fourth-order valence-electron chi connectivity index (χ4n) is 3.35. The molecule has 1 saturated heterocycles. The number of β-amino-alcohol motifs (C(OH)–C–C–N with tert-alkyl or cyclic N) is 1. The highest BCUT2D eigenvalue weighted by atomic mass is 35.5. The first-order valence-electron chi connectivity index (χ1n) is 8.42. The molecule has 1 heterocycles. The molecule has 1 atom stereocenters. The molecular formula is C17H32Cl2N2O2. The maximum absolute atomic E-state index is 10.2. The monoisotopic (exact) mass is 366 g/mol. The predicted octanol–water partition coefficient (Wildman–Crippen LogP) is 2.18. The molecule has 2 aliphatic rings. The van der Waals surface area contributed by atoms with Crippen molar-refractivity contribution in [2.24, 2.45) is 0 Å². The van der Waals surface area contributed by atoms with Gasteiger partial charge < -0.3 is 14.7 Å². The number of hydrogen-bond acceptors (Lipinski definition) is 4. The summed E-state index contributed by atoms with van der Waals surface area (Å²) < 4.78 is 5.94. The van der Waals surface area contributed by atoms with Crippen molar-refractivity contribution in [2.75, 3.05) is 45.9 Å². The van der Waals surface area contributed by atoms with Crippen molar-refractivity contribution in [1.82, 2.24) is 9.80 Å². The van der Waals surface area contributed by atoms with Gasteiger partial charge in [0.05, 0.1) is 12.7 Å². The average Bonchev–Trinajstić information content (AvgIpc) is 2.54. The molecule has 136 valence electrons. The number of likely N-dealkylation sites (N-methyl/N-ethyl adjacent to an activating group) is 1. The molecule has 1 unspecified atom stereocenters. The zero-order valence-electron chi connectivity index (χ0n) is 14.2. The number of nitrogens with zero attached hydrogens (tertiary/aromatic N) is 2. The van der Waals surface area contributed by atoms with E-state index >= 15 is 0 Å². The van der Waals surface area contributed by atoms with Crippen molar-refractivity contribution in [3.8, 4) is 12.3 Å². The first kappa shape index (κ1) is 23.0. The van der Waals surface area contributed by atoms with Gasteiger partial charge in [0.25, 0.3) is 0 Å². The van der Waals surface area contributed by atoms with Crippen molar-refractivity contribution < 1.29 is 9.84 Å². The molecule has 1 aliphatic heterocycles. The van der Waals surface area contributed by atoms with Gasteiger partial charge in [-0.05, 0) is 32.2 Å². The van der Waals surface area contributed by atoms with E-state index in [2.05, 4.69) is 22.6 Å². The second-order valence-electron chi connectivity index (χ2n) is 6.40. The van der Waals surface area contributed by atoms with Crippen molar-refractivity contribution in [2.45, 2.75) is 50.7 Å². The molecular weight excluding hydrogens is 335 g/mol. The lowest BCUT2D eigenvalue weighted by Gasteiger charge is -2.36. The van der Waals surface area contributed by atoms with Crippen molar-refractivity contribution >= 4 is 24.8 Å². The van der Waals surface area contributed by atoms with Gasteiger partial charge >= 0.3 is 0 Å². The van der Waals surface area contributed by atoms with Gasteiger partial charge in [0.2, 0.25) is 0 Å². The Kier molecular flexibility index (Phi) is 11.5. The first-order chi connectivity index (χ1) is 10.2. The second-order valence-corrected chi connectivity index (χ2v) is 6.40. The van der Waals surface area contributed by atoms with Gasteiger partial charge in [-0.25, -0.2) is 0 Å². The van der Waals surface area contributed by atoms with Crippen LogP contribution in [0.2, 0.25) is 0 Å². The predicted molar refractivity (Wildman–Crippen MR) is 99.7 cm³/mol. The number of aliphatic hydroxyl groups is 1. The van der Waals surface area contributed by atoms with Crippen LogP contribution in [0.3, 0.4) is 0 Å². The van der Waals surface area contributed by atoms with E-state index in [1.165, 1.54) is 6.42 Å². The van der Waals surface area contributed by atoms with E-state index in [9.17, 15) is 5.11 Å². The van der Waals surface area contributed by atoms with Crippen LogP contribution < -0.4 is 0 Å². The van der Waals surface area contributed by atoms with Gasteiger partial charge in [-0.15, -0.1) is 31.2 Å². The molecule has 0 bridgehead atoms. The van der Waals surface area contributed by atoms with E-state index in [0.717, 1.165) is 58.4 Å². The molecule has 2 fully saturated rings. The van der Waals surface area contributed by atoms with Crippen LogP contribution in [0.15, 0.2) is 0 Å². The van der Waals surface area contributed by atoms with Gasteiger partial charge in [0, 0.05) is 32.7 Å². The SMILES string of the molecule is C#CC1(OCC(O)CN2CCN(CC)CC2)CCCCC1.Cl.Cl. The van der Waals surface area contributed by atoms with Crippen LogP contribution in [0.4, 0.5) is 0 Å². The smallest absolute Gasteiger partial charge is 0.128 e. The van der Waals surface area contributed by atoms with Crippen molar-refractivity contribution in [3.63, 3.8) is 0 Å². The molecule has 0 spiro atoms. The normalized spacial score (nSPS) is 23.2. The lowest BCUT2D eigenvalue weighted by atomic mass is 9.85. The summed E-state index contributed by atoms with van der Waals surface area (Å²) >= 11 is 0. The topological polar surface area (TPSA) is 35.9 Å². The van der Waals surface area contributed by atoms with E-state index in [1.54, 1.807) is 0 Å². The maximum atomic E-state index is 10.2. The minimum absolute atomic E-state index is 0. The minimum Gasteiger partial charge on any atom is -0.389 e. The summed E-state index contributed by atoms with van der Waals surface area (Å²) in [5.41, 5.74) is -0.417. The largest absolute Gasteiger partial charge is 0.389 e. The molecule has 0 radical (unpaired) electrons. The van der Waals surface area contributed by atoms with Gasteiger partial charge in [-0.1, -0.05) is 19.3 Å². The van der Waals surface area contributed by atoms with Crippen LogP contribution in [-0.4, -0.2) is 72.5 Å². The first-order valence-corrected chi connectivity index (χ1v) is 8.42. The zero-order valence-corrected chi connectivity index (χ0v) is 15.8. The molecule has 0 amide bonds. The summed E-state index contributed by atoms with van der Waals surface area (Å²) in [5.74, 6) is 2.84. The molecule has 4 nitrogen and oxygen atoms in total. The second kappa shape index (κ2) is 11.5. The van der Waals surface area contributed by atoms with E-state index in [4.69, 9.17) is 11.2 Å². The van der Waals surface area contributed by atoms with Crippen molar-refractivity contribution in [3.05, 3.63) is 0 Å². The van der Waals surface area contributed by atoms with Crippen LogP contribution in [-0.2, 0) is 4.74 Å². The number of hydrogen-bond donors (Lipinski definition) is 1. The Balaban J connectivity index is 0.00000242. The Hall–Kier alpha value is -0.0200. The molecule has 2 rings (SSSR count). The van der Waals surface area contributed by atoms with E-state index in [-0.39, 0.29) is 24.8 Å². The number of terminal acetylenes is 1. The maximum Gasteiger partial charge on any atom is 0.128 e. The van der Waals surface area contributed by atoms with Gasteiger partial charge in [-0.3, -0.25) is 4.90 Å². The third-order valence-electron chi connectivity index (χ3n) is 4.86. The summed E-state index contributed by atoms with van der Waals surface area (Å²) in [5, 5.41) is 10.2. The van der Waals surface area contributed by atoms with Gasteiger partial charge in [-0.2, -0.15) is 0 Å². The van der Waals surface area contributed by atoms with Crippen molar-refractivity contribution in [1.29, 1.82) is 0 Å². The van der Waals surface area contributed by atoms with Crippen LogP contribution in [0.5, 0.6) is 0 Å².